The molecule has 0 spiro atoms. The predicted octanol–water partition coefficient (Wildman–Crippen LogP) is 3.77. The fourth-order valence-corrected chi connectivity index (χ4v) is 3.28. The normalized spacial score (nSPS) is 15.1. The van der Waals surface area contributed by atoms with Crippen LogP contribution in [-0.4, -0.2) is 42.9 Å². The van der Waals surface area contributed by atoms with Crippen LogP contribution < -0.4 is 10.6 Å². The molecule has 2 rings (SSSR count). The maximum atomic E-state index is 12.0. The summed E-state index contributed by atoms with van der Waals surface area (Å²) in [5.41, 5.74) is 3.82. The first-order chi connectivity index (χ1) is 12.6. The predicted molar refractivity (Wildman–Crippen MR) is 124 cm³/mol. The van der Waals surface area contributed by atoms with E-state index in [2.05, 4.69) is 49.6 Å². The molecule has 0 bridgehead atoms. The Morgan fingerprint density at radius 1 is 1.19 bits per heavy atom. The van der Waals surface area contributed by atoms with E-state index in [4.69, 9.17) is 4.99 Å². The maximum Gasteiger partial charge on any atom is 0.222 e. The molecule has 0 saturated carbocycles. The standard InChI is InChI=1S/C21H34N4O.HI/c1-4-22-21(24-16-19-11-10-17(2)15-18(19)3)23-12-8-14-25-13-7-5-6-9-20(25)26;/h10-11,15H,4-9,12-14,16H2,1-3H3,(H2,22,23,24);1H. The number of hydrogen-bond donors (Lipinski definition) is 2. The van der Waals surface area contributed by atoms with E-state index in [0.29, 0.717) is 18.9 Å². The van der Waals surface area contributed by atoms with E-state index in [9.17, 15) is 4.79 Å². The van der Waals surface area contributed by atoms with Gasteiger partial charge in [0.25, 0.3) is 0 Å². The van der Waals surface area contributed by atoms with E-state index >= 15 is 0 Å². The number of carbonyl (C=O) groups excluding carboxylic acids is 1. The van der Waals surface area contributed by atoms with Gasteiger partial charge in [-0.2, -0.15) is 0 Å². The van der Waals surface area contributed by atoms with Gasteiger partial charge in [-0.05, 0) is 51.2 Å². The average molecular weight is 486 g/mol. The third-order valence-corrected chi connectivity index (χ3v) is 4.82. The van der Waals surface area contributed by atoms with Crippen molar-refractivity contribution in [3.63, 3.8) is 0 Å². The molecule has 152 valence electrons. The Labute approximate surface area is 181 Å². The van der Waals surface area contributed by atoms with Crippen LogP contribution in [0.5, 0.6) is 0 Å². The molecule has 0 unspecified atom stereocenters. The van der Waals surface area contributed by atoms with Crippen molar-refractivity contribution in [2.24, 2.45) is 4.99 Å². The van der Waals surface area contributed by atoms with Gasteiger partial charge in [-0.25, -0.2) is 4.99 Å². The van der Waals surface area contributed by atoms with E-state index in [1.807, 2.05) is 4.90 Å². The topological polar surface area (TPSA) is 56.7 Å². The van der Waals surface area contributed by atoms with E-state index in [1.54, 1.807) is 0 Å². The van der Waals surface area contributed by atoms with Gasteiger partial charge in [-0.3, -0.25) is 4.79 Å². The monoisotopic (exact) mass is 486 g/mol. The van der Waals surface area contributed by atoms with Gasteiger partial charge in [0.2, 0.25) is 5.91 Å². The van der Waals surface area contributed by atoms with Crippen LogP contribution in [0.2, 0.25) is 0 Å². The Bertz CT molecular complexity index is 618. The molecule has 1 aliphatic rings. The lowest BCUT2D eigenvalue weighted by Crippen LogP contribution is -2.39. The number of hydrogen-bond acceptors (Lipinski definition) is 2. The molecular formula is C21H35IN4O. The van der Waals surface area contributed by atoms with E-state index in [-0.39, 0.29) is 24.0 Å². The van der Waals surface area contributed by atoms with Crippen molar-refractivity contribution < 1.29 is 4.79 Å². The Morgan fingerprint density at radius 2 is 2.00 bits per heavy atom. The second kappa shape index (κ2) is 13.0. The van der Waals surface area contributed by atoms with Gasteiger partial charge in [-0.15, -0.1) is 24.0 Å². The van der Waals surface area contributed by atoms with Crippen LogP contribution >= 0.6 is 24.0 Å². The van der Waals surface area contributed by atoms with Crippen molar-refractivity contribution >= 4 is 35.8 Å². The van der Waals surface area contributed by atoms with Crippen molar-refractivity contribution in [1.29, 1.82) is 0 Å². The largest absolute Gasteiger partial charge is 0.357 e. The van der Waals surface area contributed by atoms with Crippen LogP contribution in [0.25, 0.3) is 0 Å². The summed E-state index contributed by atoms with van der Waals surface area (Å²) >= 11 is 0. The molecule has 0 atom stereocenters. The van der Waals surface area contributed by atoms with Crippen molar-refractivity contribution in [3.8, 4) is 0 Å². The first-order valence-electron chi connectivity index (χ1n) is 9.96. The summed E-state index contributed by atoms with van der Waals surface area (Å²) in [6.07, 6.45) is 5.02. The quantitative estimate of drug-likeness (QED) is 0.267. The summed E-state index contributed by atoms with van der Waals surface area (Å²) in [6, 6.07) is 6.49. The fraction of sp³-hybridized carbons (Fsp3) is 0.619. The molecule has 27 heavy (non-hydrogen) atoms. The van der Waals surface area contributed by atoms with Crippen LogP contribution in [0.4, 0.5) is 0 Å². The highest BCUT2D eigenvalue weighted by atomic mass is 127. The highest BCUT2D eigenvalue weighted by molar-refractivity contribution is 14.0. The number of aliphatic imine (C=N–C) groups is 1. The molecule has 1 aliphatic heterocycles. The van der Waals surface area contributed by atoms with E-state index < -0.39 is 0 Å². The number of aryl methyl sites for hydroxylation is 2. The van der Waals surface area contributed by atoms with Gasteiger partial charge in [0.1, 0.15) is 0 Å². The average Bonchev–Trinajstić information content (AvgIpc) is 2.82. The number of amides is 1. The molecule has 0 aliphatic carbocycles. The number of nitrogens with zero attached hydrogens (tertiary/aromatic N) is 2. The van der Waals surface area contributed by atoms with Gasteiger partial charge in [0, 0.05) is 32.6 Å². The maximum absolute atomic E-state index is 12.0. The number of halogens is 1. The number of nitrogens with one attached hydrogen (secondary N) is 2. The summed E-state index contributed by atoms with van der Waals surface area (Å²) in [4.78, 5) is 18.8. The Kier molecular flexibility index (Phi) is 11.4. The Morgan fingerprint density at radius 3 is 2.74 bits per heavy atom. The molecule has 5 nitrogen and oxygen atoms in total. The minimum absolute atomic E-state index is 0. The second-order valence-electron chi connectivity index (χ2n) is 7.10. The lowest BCUT2D eigenvalue weighted by atomic mass is 10.1. The Balaban J connectivity index is 0.00000364. The highest BCUT2D eigenvalue weighted by Gasteiger charge is 2.15. The van der Waals surface area contributed by atoms with Crippen molar-refractivity contribution in [2.75, 3.05) is 26.2 Å². The molecule has 1 amide bonds. The molecule has 0 radical (unpaired) electrons. The van der Waals surface area contributed by atoms with Crippen molar-refractivity contribution in [2.45, 2.75) is 59.4 Å². The highest BCUT2D eigenvalue weighted by Crippen LogP contribution is 2.12. The summed E-state index contributed by atoms with van der Waals surface area (Å²) in [5, 5.41) is 6.69. The zero-order valence-electron chi connectivity index (χ0n) is 17.0. The van der Waals surface area contributed by atoms with Gasteiger partial charge in [-0.1, -0.05) is 30.2 Å². The first kappa shape index (κ1) is 23.7. The van der Waals surface area contributed by atoms with Crippen molar-refractivity contribution in [1.82, 2.24) is 15.5 Å². The van der Waals surface area contributed by atoms with Gasteiger partial charge < -0.3 is 15.5 Å². The number of carbonyl (C=O) groups is 1. The summed E-state index contributed by atoms with van der Waals surface area (Å²) in [6.45, 7) is 10.4. The minimum atomic E-state index is 0. The minimum Gasteiger partial charge on any atom is -0.357 e. The number of rotatable bonds is 7. The van der Waals surface area contributed by atoms with E-state index in [1.165, 1.54) is 23.1 Å². The fourth-order valence-electron chi connectivity index (χ4n) is 3.28. The molecule has 6 heteroatoms. The SMILES string of the molecule is CCNC(=NCc1ccc(C)cc1C)NCCCN1CCCCCC1=O.I. The van der Waals surface area contributed by atoms with Crippen molar-refractivity contribution in [3.05, 3.63) is 34.9 Å². The van der Waals surface area contributed by atoms with Crippen LogP contribution in [0.1, 0.15) is 55.7 Å². The molecule has 1 heterocycles. The zero-order chi connectivity index (χ0) is 18.8. The molecule has 1 aromatic carbocycles. The molecule has 1 aromatic rings. The van der Waals surface area contributed by atoms with Crippen LogP contribution in [0.3, 0.4) is 0 Å². The van der Waals surface area contributed by atoms with E-state index in [0.717, 1.165) is 51.4 Å². The van der Waals surface area contributed by atoms with Gasteiger partial charge in [0.05, 0.1) is 6.54 Å². The number of benzene rings is 1. The zero-order valence-corrected chi connectivity index (χ0v) is 19.3. The van der Waals surface area contributed by atoms with Gasteiger partial charge >= 0.3 is 0 Å². The Hall–Kier alpha value is -1.31. The lowest BCUT2D eigenvalue weighted by molar-refractivity contribution is -0.130. The summed E-state index contributed by atoms with van der Waals surface area (Å²) in [7, 11) is 0. The van der Waals surface area contributed by atoms with Crippen LogP contribution in [0, 0.1) is 13.8 Å². The molecule has 1 saturated heterocycles. The molecule has 2 N–H and O–H groups in total. The smallest absolute Gasteiger partial charge is 0.222 e. The second-order valence-corrected chi connectivity index (χ2v) is 7.10. The van der Waals surface area contributed by atoms with Crippen LogP contribution in [0.15, 0.2) is 23.2 Å². The summed E-state index contributed by atoms with van der Waals surface area (Å²) < 4.78 is 0. The molecular weight excluding hydrogens is 451 g/mol. The third-order valence-electron chi connectivity index (χ3n) is 4.82. The number of likely N-dealkylation sites (tertiary alicyclic amines) is 1. The lowest BCUT2D eigenvalue weighted by Gasteiger charge is -2.20. The third kappa shape index (κ3) is 8.49. The summed E-state index contributed by atoms with van der Waals surface area (Å²) in [5.74, 6) is 1.16. The molecule has 1 fully saturated rings. The number of guanidine groups is 1. The van der Waals surface area contributed by atoms with Crippen LogP contribution in [-0.2, 0) is 11.3 Å². The first-order valence-corrected chi connectivity index (χ1v) is 9.96. The van der Waals surface area contributed by atoms with Gasteiger partial charge in [0.15, 0.2) is 5.96 Å². The molecule has 0 aromatic heterocycles.